The topological polar surface area (TPSA) is 130 Å². The molecule has 0 aromatic rings. The predicted molar refractivity (Wildman–Crippen MR) is 156 cm³/mol. The fraction of sp³-hybridized carbons (Fsp3) is 0.912. The average molecular weight is 591 g/mol. The number of aliphatic carboxylic acids is 1. The number of ether oxygens (including phenoxy) is 2. The number of hydrogen-bond donors (Lipinski definition) is 3. The summed E-state index contributed by atoms with van der Waals surface area (Å²) in [4.78, 5) is 36.8. The first-order valence-electron chi connectivity index (χ1n) is 16.2. The van der Waals surface area contributed by atoms with Crippen LogP contribution in [0.3, 0.4) is 0 Å². The molecule has 0 radical (unpaired) electrons. The van der Waals surface area contributed by atoms with Crippen molar-refractivity contribution in [2.24, 2.45) is 50.7 Å². The molecule has 5 fully saturated rings. The van der Waals surface area contributed by atoms with Crippen LogP contribution in [0.1, 0.15) is 120 Å². The molecule has 0 heterocycles. The first kappa shape index (κ1) is 31.7. The second-order valence-corrected chi connectivity index (χ2v) is 16.6. The van der Waals surface area contributed by atoms with Crippen molar-refractivity contribution in [3.8, 4) is 0 Å². The minimum atomic E-state index is -1.24. The number of carboxylic acids is 1. The molecule has 0 unspecified atom stereocenters. The van der Waals surface area contributed by atoms with Gasteiger partial charge in [-0.3, -0.25) is 14.4 Å². The molecular weight excluding hydrogens is 536 g/mol. The van der Waals surface area contributed by atoms with Gasteiger partial charge in [-0.05, 0) is 111 Å². The van der Waals surface area contributed by atoms with Crippen molar-refractivity contribution < 1.29 is 39.2 Å². The molecule has 0 amide bonds. The van der Waals surface area contributed by atoms with Gasteiger partial charge in [0.15, 0.2) is 0 Å². The van der Waals surface area contributed by atoms with E-state index in [1.807, 2.05) is 0 Å². The zero-order valence-electron chi connectivity index (χ0n) is 27.0. The molecule has 42 heavy (non-hydrogen) atoms. The second-order valence-electron chi connectivity index (χ2n) is 16.6. The maximum Gasteiger partial charge on any atom is 0.313 e. The summed E-state index contributed by atoms with van der Waals surface area (Å²) in [7, 11) is 0. The van der Waals surface area contributed by atoms with Crippen molar-refractivity contribution in [3.05, 3.63) is 0 Å². The van der Waals surface area contributed by atoms with Gasteiger partial charge in [-0.25, -0.2) is 0 Å². The summed E-state index contributed by atoms with van der Waals surface area (Å²) in [6.45, 7) is 15.7. The molecule has 8 heteroatoms. The molecule has 8 nitrogen and oxygen atoms in total. The first-order chi connectivity index (χ1) is 19.3. The Morgan fingerprint density at radius 2 is 1.21 bits per heavy atom. The van der Waals surface area contributed by atoms with E-state index in [0.717, 1.165) is 38.5 Å². The number of carbonyl (C=O) groups excluding carboxylic acids is 2. The molecule has 5 aliphatic rings. The zero-order valence-corrected chi connectivity index (χ0v) is 27.0. The van der Waals surface area contributed by atoms with Crippen LogP contribution in [-0.4, -0.2) is 57.1 Å². The number of aliphatic hydroxyl groups is 2. The third-order valence-corrected chi connectivity index (χ3v) is 14.2. The maximum atomic E-state index is 12.9. The van der Waals surface area contributed by atoms with Crippen LogP contribution in [0.5, 0.6) is 0 Å². The lowest BCUT2D eigenvalue weighted by Crippen LogP contribution is -2.67. The van der Waals surface area contributed by atoms with Gasteiger partial charge in [0, 0.05) is 19.3 Å². The zero-order chi connectivity index (χ0) is 31.3. The summed E-state index contributed by atoms with van der Waals surface area (Å²) in [6.07, 6.45) is 5.06. The molecule has 0 spiro atoms. The number of carbonyl (C=O) groups is 3. The second kappa shape index (κ2) is 9.92. The van der Waals surface area contributed by atoms with Crippen molar-refractivity contribution in [1.82, 2.24) is 0 Å². The lowest BCUT2D eigenvalue weighted by Gasteiger charge is -2.65. The van der Waals surface area contributed by atoms with E-state index in [1.165, 1.54) is 13.8 Å². The molecule has 238 valence electrons. The molecule has 5 rings (SSSR count). The van der Waals surface area contributed by atoms with Gasteiger partial charge in [0.05, 0.1) is 11.7 Å². The Balaban J connectivity index is 1.52. The van der Waals surface area contributed by atoms with Crippen LogP contribution in [0.4, 0.5) is 0 Å². The highest BCUT2D eigenvalue weighted by Crippen LogP contribution is 2.72. The molecule has 5 saturated carbocycles. The Kier molecular flexibility index (Phi) is 7.50. The van der Waals surface area contributed by atoms with Crippen LogP contribution in [0.15, 0.2) is 0 Å². The van der Waals surface area contributed by atoms with Crippen molar-refractivity contribution in [2.75, 3.05) is 0 Å². The van der Waals surface area contributed by atoms with Gasteiger partial charge < -0.3 is 24.8 Å². The molecule has 12 atom stereocenters. The summed E-state index contributed by atoms with van der Waals surface area (Å²) in [5.74, 6) is -1.68. The van der Waals surface area contributed by atoms with Gasteiger partial charge in [-0.1, -0.05) is 34.6 Å². The Morgan fingerprint density at radius 3 is 1.79 bits per heavy atom. The van der Waals surface area contributed by atoms with Crippen LogP contribution < -0.4 is 0 Å². The van der Waals surface area contributed by atoms with Crippen molar-refractivity contribution >= 4 is 17.9 Å². The third kappa shape index (κ3) is 4.31. The number of rotatable bonds is 3. The lowest BCUT2D eigenvalue weighted by atomic mass is 9.41. The number of esters is 2. The highest BCUT2D eigenvalue weighted by Gasteiger charge is 2.71. The summed E-state index contributed by atoms with van der Waals surface area (Å²) in [5, 5.41) is 35.1. The van der Waals surface area contributed by atoms with Crippen molar-refractivity contribution in [3.63, 3.8) is 0 Å². The first-order valence-corrected chi connectivity index (χ1v) is 16.2. The molecule has 0 aromatic carbocycles. The minimum absolute atomic E-state index is 0.0779. The summed E-state index contributed by atoms with van der Waals surface area (Å²) in [5.41, 5.74) is -3.59. The number of hydrogen-bond acceptors (Lipinski definition) is 7. The van der Waals surface area contributed by atoms with E-state index < -0.39 is 35.2 Å². The van der Waals surface area contributed by atoms with Gasteiger partial charge >= 0.3 is 17.9 Å². The Bertz CT molecular complexity index is 1130. The fourth-order valence-electron chi connectivity index (χ4n) is 12.4. The monoisotopic (exact) mass is 590 g/mol. The minimum Gasteiger partial charge on any atom is -0.481 e. The predicted octanol–water partition coefficient (Wildman–Crippen LogP) is 5.51. The summed E-state index contributed by atoms with van der Waals surface area (Å²) < 4.78 is 11.5. The third-order valence-electron chi connectivity index (χ3n) is 14.2. The average Bonchev–Trinajstić information content (AvgIpc) is 2.99. The Hall–Kier alpha value is -1.67. The van der Waals surface area contributed by atoms with Gasteiger partial charge in [-0.15, -0.1) is 0 Å². The van der Waals surface area contributed by atoms with Crippen LogP contribution in [-0.2, 0) is 23.9 Å². The van der Waals surface area contributed by atoms with Gasteiger partial charge in [0.1, 0.15) is 17.6 Å². The molecule has 5 aliphatic carbocycles. The molecular formula is C34H54O8. The van der Waals surface area contributed by atoms with E-state index in [0.29, 0.717) is 25.7 Å². The highest BCUT2D eigenvalue weighted by molar-refractivity contribution is 5.77. The summed E-state index contributed by atoms with van der Waals surface area (Å²) in [6, 6.07) is 0. The molecule has 0 aliphatic heterocycles. The normalized spacial score (nSPS) is 51.4. The van der Waals surface area contributed by atoms with E-state index in [2.05, 4.69) is 34.6 Å². The standard InChI is InChI=1S/C34H54O8/c1-19(35)41-26-12-15-32(7)23-10-9-21-30(5,18-34(23,40)25(37)17-24(32)29(26,3)4)14-11-22-31(21,6)16-13-27(42-20(2)36)33(22,8)28(38)39/h21-27,37,40H,9-18H2,1-8H3,(H,38,39)/t21-,22+,23+,24-,25+,26+,27-,30-,31+,32+,33+,34-/m0/s1. The van der Waals surface area contributed by atoms with E-state index in [1.54, 1.807) is 6.92 Å². The van der Waals surface area contributed by atoms with Crippen LogP contribution in [0, 0.1) is 50.7 Å². The highest BCUT2D eigenvalue weighted by atomic mass is 16.5. The number of fused-ring (bicyclic) bond motifs is 6. The lowest BCUT2D eigenvalue weighted by molar-refractivity contribution is -0.255. The van der Waals surface area contributed by atoms with E-state index in [9.17, 15) is 29.7 Å². The van der Waals surface area contributed by atoms with Gasteiger partial charge in [-0.2, -0.15) is 0 Å². The maximum absolute atomic E-state index is 12.9. The van der Waals surface area contributed by atoms with Crippen LogP contribution in [0.2, 0.25) is 0 Å². The van der Waals surface area contributed by atoms with Gasteiger partial charge in [0.25, 0.3) is 0 Å². The van der Waals surface area contributed by atoms with Crippen LogP contribution in [0.25, 0.3) is 0 Å². The van der Waals surface area contributed by atoms with E-state index in [-0.39, 0.29) is 57.4 Å². The quantitative estimate of drug-likeness (QED) is 0.367. The number of carboxylic acid groups (broad SMARTS) is 1. The number of aliphatic hydroxyl groups excluding tert-OH is 1. The molecule has 0 saturated heterocycles. The largest absolute Gasteiger partial charge is 0.481 e. The molecule has 3 N–H and O–H groups in total. The Labute approximate surface area is 251 Å². The fourth-order valence-corrected chi connectivity index (χ4v) is 12.4. The molecule has 0 bridgehead atoms. The van der Waals surface area contributed by atoms with E-state index in [4.69, 9.17) is 9.47 Å². The summed E-state index contributed by atoms with van der Waals surface area (Å²) >= 11 is 0. The van der Waals surface area contributed by atoms with E-state index >= 15 is 0 Å². The van der Waals surface area contributed by atoms with Crippen molar-refractivity contribution in [1.29, 1.82) is 0 Å². The SMILES string of the molecule is CC(=O)O[C@H]1CC[C@@]2(C)[C@@H](CC[C@@]3(C)C[C@@]4(O)[C@H](O)C[C@H]5C(C)(C)[C@H](OC(C)=O)CC[C@]5(C)[C@H]4CC[C@@H]32)[C@@]1(C)C(=O)O. The van der Waals surface area contributed by atoms with Crippen LogP contribution >= 0.6 is 0 Å². The Morgan fingerprint density at radius 1 is 0.690 bits per heavy atom. The van der Waals surface area contributed by atoms with Crippen molar-refractivity contribution in [2.45, 2.75) is 144 Å². The molecule has 0 aromatic heterocycles. The van der Waals surface area contributed by atoms with Gasteiger partial charge in [0.2, 0.25) is 0 Å². The smallest absolute Gasteiger partial charge is 0.313 e.